The zero-order valence-electron chi connectivity index (χ0n) is 13.0. The van der Waals surface area contributed by atoms with Gasteiger partial charge in [0.25, 0.3) is 0 Å². The van der Waals surface area contributed by atoms with Gasteiger partial charge in [0.1, 0.15) is 5.01 Å². The van der Waals surface area contributed by atoms with Crippen LogP contribution in [0.15, 0.2) is 29.8 Å². The summed E-state index contributed by atoms with van der Waals surface area (Å²) < 4.78 is 0. The molecule has 0 saturated heterocycles. The number of aromatic nitrogens is 2. The van der Waals surface area contributed by atoms with Crippen molar-refractivity contribution >= 4 is 11.3 Å². The molecule has 0 saturated carbocycles. The summed E-state index contributed by atoms with van der Waals surface area (Å²) >= 11 is 1.73. The van der Waals surface area contributed by atoms with Gasteiger partial charge in [0.05, 0.1) is 11.4 Å². The van der Waals surface area contributed by atoms with E-state index < -0.39 is 0 Å². The van der Waals surface area contributed by atoms with Gasteiger partial charge in [-0.3, -0.25) is 9.88 Å². The summed E-state index contributed by atoms with van der Waals surface area (Å²) in [5.41, 5.74) is 2.26. The lowest BCUT2D eigenvalue weighted by molar-refractivity contribution is 0.265. The van der Waals surface area contributed by atoms with Gasteiger partial charge in [0.2, 0.25) is 0 Å². The molecular formula is C16H24N4S. The fourth-order valence-corrected chi connectivity index (χ4v) is 2.76. The lowest BCUT2D eigenvalue weighted by atomic mass is 10.3. The van der Waals surface area contributed by atoms with Crippen molar-refractivity contribution in [1.82, 2.24) is 20.2 Å². The van der Waals surface area contributed by atoms with Gasteiger partial charge >= 0.3 is 0 Å². The summed E-state index contributed by atoms with van der Waals surface area (Å²) in [7, 11) is 0. The number of pyridine rings is 1. The molecule has 5 heteroatoms. The summed E-state index contributed by atoms with van der Waals surface area (Å²) in [6.07, 6.45) is 1.85. The molecule has 114 valence electrons. The largest absolute Gasteiger partial charge is 0.308 e. The standard InChI is InChI=1S/C16H24N4S/c1-4-20(10-14-7-5-6-8-17-14)11-15-12-21-16(19-15)9-18-13(2)3/h5-8,12-13,18H,4,9-11H2,1-3H3. The topological polar surface area (TPSA) is 41.1 Å². The minimum atomic E-state index is 0.494. The molecule has 2 heterocycles. The Kier molecular flexibility index (Phi) is 6.29. The third-order valence-electron chi connectivity index (χ3n) is 3.21. The molecule has 2 aromatic rings. The molecule has 0 aliphatic rings. The van der Waals surface area contributed by atoms with Crippen molar-refractivity contribution < 1.29 is 0 Å². The van der Waals surface area contributed by atoms with Crippen molar-refractivity contribution in [2.75, 3.05) is 6.54 Å². The first kappa shape index (κ1) is 16.1. The highest BCUT2D eigenvalue weighted by Crippen LogP contribution is 2.13. The molecule has 0 fully saturated rings. The second-order valence-electron chi connectivity index (χ2n) is 5.39. The number of nitrogens with one attached hydrogen (secondary N) is 1. The van der Waals surface area contributed by atoms with E-state index >= 15 is 0 Å². The van der Waals surface area contributed by atoms with E-state index in [2.05, 4.69) is 47.4 Å². The van der Waals surface area contributed by atoms with Crippen LogP contribution in [0.3, 0.4) is 0 Å². The molecule has 1 N–H and O–H groups in total. The molecule has 0 aromatic carbocycles. The first-order valence-corrected chi connectivity index (χ1v) is 8.34. The Bertz CT molecular complexity index is 524. The van der Waals surface area contributed by atoms with Crippen molar-refractivity contribution in [1.29, 1.82) is 0 Å². The predicted molar refractivity (Wildman–Crippen MR) is 88.1 cm³/mol. The Morgan fingerprint density at radius 2 is 2.05 bits per heavy atom. The van der Waals surface area contributed by atoms with Gasteiger partial charge in [-0.05, 0) is 18.7 Å². The Morgan fingerprint density at radius 1 is 1.24 bits per heavy atom. The molecule has 2 rings (SSSR count). The Labute approximate surface area is 131 Å². The van der Waals surface area contributed by atoms with Crippen LogP contribution < -0.4 is 5.32 Å². The zero-order valence-corrected chi connectivity index (χ0v) is 13.9. The van der Waals surface area contributed by atoms with Gasteiger partial charge in [-0.25, -0.2) is 4.98 Å². The van der Waals surface area contributed by atoms with Crippen molar-refractivity contribution in [3.63, 3.8) is 0 Å². The summed E-state index contributed by atoms with van der Waals surface area (Å²) in [6, 6.07) is 6.55. The molecule has 21 heavy (non-hydrogen) atoms. The maximum atomic E-state index is 4.71. The minimum Gasteiger partial charge on any atom is -0.308 e. The second kappa shape index (κ2) is 8.22. The highest BCUT2D eigenvalue weighted by atomic mass is 32.1. The predicted octanol–water partition coefficient (Wildman–Crippen LogP) is 3.06. The molecule has 2 aromatic heterocycles. The van der Waals surface area contributed by atoms with Gasteiger partial charge in [-0.15, -0.1) is 11.3 Å². The molecule has 0 spiro atoms. The molecule has 0 aliphatic heterocycles. The van der Waals surface area contributed by atoms with Crippen molar-refractivity contribution in [3.8, 4) is 0 Å². The number of thiazole rings is 1. The Morgan fingerprint density at radius 3 is 2.71 bits per heavy atom. The maximum Gasteiger partial charge on any atom is 0.107 e. The normalized spacial score (nSPS) is 11.5. The number of rotatable bonds is 8. The molecule has 0 unspecified atom stereocenters. The van der Waals surface area contributed by atoms with E-state index in [9.17, 15) is 0 Å². The van der Waals surface area contributed by atoms with Gasteiger partial charge in [0.15, 0.2) is 0 Å². The van der Waals surface area contributed by atoms with E-state index in [1.165, 1.54) is 0 Å². The number of nitrogens with zero attached hydrogens (tertiary/aromatic N) is 3. The third-order valence-corrected chi connectivity index (χ3v) is 4.10. The highest BCUT2D eigenvalue weighted by molar-refractivity contribution is 7.09. The van der Waals surface area contributed by atoms with Crippen LogP contribution in [0.4, 0.5) is 0 Å². The van der Waals surface area contributed by atoms with Crippen LogP contribution in [0.2, 0.25) is 0 Å². The van der Waals surface area contributed by atoms with E-state index in [4.69, 9.17) is 4.98 Å². The fraction of sp³-hybridized carbons (Fsp3) is 0.500. The Hall–Kier alpha value is -1.30. The van der Waals surface area contributed by atoms with Crippen LogP contribution in [0.5, 0.6) is 0 Å². The molecule has 0 amide bonds. The first-order chi connectivity index (χ1) is 10.2. The molecule has 4 nitrogen and oxygen atoms in total. The minimum absolute atomic E-state index is 0.494. The van der Waals surface area contributed by atoms with Gasteiger partial charge < -0.3 is 5.32 Å². The van der Waals surface area contributed by atoms with Gasteiger partial charge in [-0.1, -0.05) is 26.8 Å². The molecule has 0 bridgehead atoms. The molecular weight excluding hydrogens is 280 g/mol. The summed E-state index contributed by atoms with van der Waals surface area (Å²) in [5.74, 6) is 0. The fourth-order valence-electron chi connectivity index (χ4n) is 2.02. The van der Waals surface area contributed by atoms with Crippen LogP contribution in [-0.4, -0.2) is 27.5 Å². The lowest BCUT2D eigenvalue weighted by Crippen LogP contribution is -2.23. The van der Waals surface area contributed by atoms with Gasteiger partial charge in [0, 0.05) is 37.3 Å². The smallest absolute Gasteiger partial charge is 0.107 e. The summed E-state index contributed by atoms with van der Waals surface area (Å²) in [5, 5.41) is 6.73. The van der Waals surface area contributed by atoms with E-state index in [0.717, 1.165) is 42.6 Å². The van der Waals surface area contributed by atoms with E-state index in [1.54, 1.807) is 11.3 Å². The molecule has 0 atom stereocenters. The summed E-state index contributed by atoms with van der Waals surface area (Å²) in [4.78, 5) is 11.5. The monoisotopic (exact) mass is 304 g/mol. The third kappa shape index (κ3) is 5.53. The lowest BCUT2D eigenvalue weighted by Gasteiger charge is -2.18. The van der Waals surface area contributed by atoms with Crippen LogP contribution in [0, 0.1) is 0 Å². The van der Waals surface area contributed by atoms with E-state index in [-0.39, 0.29) is 0 Å². The zero-order chi connectivity index (χ0) is 15.1. The maximum absolute atomic E-state index is 4.71. The first-order valence-electron chi connectivity index (χ1n) is 7.46. The van der Waals surface area contributed by atoms with Crippen molar-refractivity contribution in [3.05, 3.63) is 46.2 Å². The van der Waals surface area contributed by atoms with Crippen molar-refractivity contribution in [2.45, 2.75) is 46.4 Å². The average Bonchev–Trinajstić information content (AvgIpc) is 2.93. The number of hydrogen-bond acceptors (Lipinski definition) is 5. The number of hydrogen-bond donors (Lipinski definition) is 1. The highest BCUT2D eigenvalue weighted by Gasteiger charge is 2.09. The Balaban J connectivity index is 1.89. The van der Waals surface area contributed by atoms with Crippen LogP contribution >= 0.6 is 11.3 Å². The second-order valence-corrected chi connectivity index (χ2v) is 6.34. The SMILES string of the molecule is CCN(Cc1ccccn1)Cc1csc(CNC(C)C)n1. The quantitative estimate of drug-likeness (QED) is 0.814. The van der Waals surface area contributed by atoms with E-state index in [1.807, 2.05) is 18.3 Å². The van der Waals surface area contributed by atoms with E-state index in [0.29, 0.717) is 6.04 Å². The van der Waals surface area contributed by atoms with Gasteiger partial charge in [-0.2, -0.15) is 0 Å². The van der Waals surface area contributed by atoms with Crippen molar-refractivity contribution in [2.24, 2.45) is 0 Å². The van der Waals surface area contributed by atoms with Crippen LogP contribution in [0.1, 0.15) is 37.2 Å². The molecule has 0 radical (unpaired) electrons. The van der Waals surface area contributed by atoms with Crippen LogP contribution in [0.25, 0.3) is 0 Å². The summed E-state index contributed by atoms with van der Waals surface area (Å²) in [6.45, 7) is 10.1. The molecule has 0 aliphatic carbocycles. The average molecular weight is 304 g/mol. The van der Waals surface area contributed by atoms with Crippen LogP contribution in [-0.2, 0) is 19.6 Å².